The highest BCUT2D eigenvalue weighted by Gasteiger charge is 2.38. The van der Waals surface area contributed by atoms with Gasteiger partial charge in [-0.1, -0.05) is 0 Å². The summed E-state index contributed by atoms with van der Waals surface area (Å²) >= 11 is 0. The van der Waals surface area contributed by atoms with Crippen molar-refractivity contribution in [2.45, 2.75) is 25.0 Å². The third-order valence-corrected chi connectivity index (χ3v) is 5.67. The van der Waals surface area contributed by atoms with Gasteiger partial charge in [0.2, 0.25) is 5.43 Å². The van der Waals surface area contributed by atoms with Crippen LogP contribution in [0.4, 0.5) is 10.2 Å². The molecular weight excluding hydrogens is 419 g/mol. The van der Waals surface area contributed by atoms with E-state index in [4.69, 9.17) is 9.47 Å². The van der Waals surface area contributed by atoms with Crippen LogP contribution in [-0.4, -0.2) is 36.0 Å². The lowest BCUT2D eigenvalue weighted by Crippen LogP contribution is -2.39. The SMILES string of the molecule is COc1ccc(C2=CN3c4c(c(=O)c(C(=O)O)cn4C4CC4)C=C(F)C3N=N2)cc1OC. The molecule has 1 aliphatic carbocycles. The molecule has 1 fully saturated rings. The van der Waals surface area contributed by atoms with Gasteiger partial charge in [0, 0.05) is 24.0 Å². The van der Waals surface area contributed by atoms with Crippen molar-refractivity contribution in [2.24, 2.45) is 10.2 Å². The van der Waals surface area contributed by atoms with Crippen LogP contribution in [0.3, 0.4) is 0 Å². The van der Waals surface area contributed by atoms with Crippen LogP contribution in [-0.2, 0) is 0 Å². The molecule has 0 bridgehead atoms. The van der Waals surface area contributed by atoms with Gasteiger partial charge in [-0.05, 0) is 37.1 Å². The molecule has 1 saturated carbocycles. The molecule has 2 aromatic rings. The topological polar surface area (TPSA) is 106 Å². The van der Waals surface area contributed by atoms with Crippen LogP contribution in [0.5, 0.6) is 11.5 Å². The Kier molecular flexibility index (Phi) is 4.58. The largest absolute Gasteiger partial charge is 0.493 e. The maximum atomic E-state index is 14.9. The first-order chi connectivity index (χ1) is 15.4. The van der Waals surface area contributed by atoms with E-state index >= 15 is 0 Å². The molecule has 1 N–H and O–H groups in total. The second-order valence-corrected chi connectivity index (χ2v) is 7.66. The number of rotatable bonds is 5. The Hall–Kier alpha value is -3.95. The highest BCUT2D eigenvalue weighted by Crippen LogP contribution is 2.44. The van der Waals surface area contributed by atoms with Gasteiger partial charge in [-0.15, -0.1) is 0 Å². The standard InChI is InChI=1S/C22H19FN4O5/c1-31-17-6-3-11(7-18(17)32-2)16-10-27-20(25-24-16)15(23)8-13-19(28)14(22(29)30)9-26(21(13)27)12-4-5-12/h3,6-10,12,20H,4-5H2,1-2H3,(H,29,30). The zero-order chi connectivity index (χ0) is 22.6. The lowest BCUT2D eigenvalue weighted by Gasteiger charge is -2.35. The summed E-state index contributed by atoms with van der Waals surface area (Å²) in [4.78, 5) is 26.0. The fourth-order valence-electron chi connectivity index (χ4n) is 3.94. The molecule has 5 rings (SSSR count). The van der Waals surface area contributed by atoms with Gasteiger partial charge in [0.1, 0.15) is 22.9 Å². The molecule has 0 saturated heterocycles. The monoisotopic (exact) mass is 438 g/mol. The average molecular weight is 438 g/mol. The summed E-state index contributed by atoms with van der Waals surface area (Å²) in [6.07, 6.45) is 4.64. The first kappa shape index (κ1) is 20.0. The van der Waals surface area contributed by atoms with Gasteiger partial charge in [-0.25, -0.2) is 9.18 Å². The summed E-state index contributed by atoms with van der Waals surface area (Å²) in [7, 11) is 3.05. The fraction of sp³-hybridized carbons (Fsp3) is 0.273. The van der Waals surface area contributed by atoms with Crippen molar-refractivity contribution in [1.29, 1.82) is 0 Å². The zero-order valence-electron chi connectivity index (χ0n) is 17.3. The van der Waals surface area contributed by atoms with Crippen molar-refractivity contribution in [3.05, 3.63) is 63.3 Å². The third kappa shape index (κ3) is 3.06. The van der Waals surface area contributed by atoms with Crippen LogP contribution in [0.2, 0.25) is 0 Å². The Morgan fingerprint density at radius 1 is 1.22 bits per heavy atom. The Labute approximate surface area is 181 Å². The third-order valence-electron chi connectivity index (χ3n) is 5.67. The lowest BCUT2D eigenvalue weighted by atomic mass is 10.0. The number of azo groups is 1. The minimum atomic E-state index is -1.34. The number of benzene rings is 1. The summed E-state index contributed by atoms with van der Waals surface area (Å²) in [5, 5.41) is 17.8. The fourth-order valence-corrected chi connectivity index (χ4v) is 3.94. The van der Waals surface area contributed by atoms with E-state index in [1.807, 2.05) is 0 Å². The number of nitrogens with zero attached hydrogens (tertiary/aromatic N) is 4. The summed E-state index contributed by atoms with van der Waals surface area (Å²) in [5.74, 6) is -0.586. The van der Waals surface area contributed by atoms with E-state index < -0.39 is 23.4 Å². The van der Waals surface area contributed by atoms with E-state index in [2.05, 4.69) is 10.2 Å². The Morgan fingerprint density at radius 3 is 2.62 bits per heavy atom. The number of hydrogen-bond acceptors (Lipinski definition) is 7. The number of hydrogen-bond donors (Lipinski definition) is 1. The van der Waals surface area contributed by atoms with Crippen molar-refractivity contribution < 1.29 is 23.8 Å². The molecule has 9 nitrogen and oxygen atoms in total. The molecule has 10 heteroatoms. The predicted octanol–water partition coefficient (Wildman–Crippen LogP) is 3.82. The maximum absolute atomic E-state index is 14.9. The van der Waals surface area contributed by atoms with E-state index in [-0.39, 0.29) is 17.2 Å². The number of ether oxygens (including phenoxy) is 2. The summed E-state index contributed by atoms with van der Waals surface area (Å²) in [6, 6.07) is 5.25. The molecule has 3 aliphatic rings. The van der Waals surface area contributed by atoms with Crippen LogP contribution >= 0.6 is 0 Å². The van der Waals surface area contributed by atoms with Crippen LogP contribution < -0.4 is 19.8 Å². The van der Waals surface area contributed by atoms with Gasteiger partial charge in [0.05, 0.1) is 19.8 Å². The maximum Gasteiger partial charge on any atom is 0.341 e. The minimum Gasteiger partial charge on any atom is -0.493 e. The molecule has 1 unspecified atom stereocenters. The van der Waals surface area contributed by atoms with E-state index in [9.17, 15) is 19.1 Å². The number of carboxylic acids is 1. The number of fused-ring (bicyclic) bond motifs is 3. The van der Waals surface area contributed by atoms with Crippen LogP contribution in [0.25, 0.3) is 11.8 Å². The van der Waals surface area contributed by atoms with E-state index in [1.54, 1.807) is 29.0 Å². The van der Waals surface area contributed by atoms with Crippen molar-refractivity contribution in [1.82, 2.24) is 4.57 Å². The van der Waals surface area contributed by atoms with E-state index in [1.165, 1.54) is 25.3 Å². The van der Waals surface area contributed by atoms with Gasteiger partial charge in [0.15, 0.2) is 17.7 Å². The van der Waals surface area contributed by atoms with Crippen molar-refractivity contribution >= 4 is 23.6 Å². The van der Waals surface area contributed by atoms with Crippen LogP contribution in [0, 0.1) is 0 Å². The number of aromatic carboxylic acids is 1. The van der Waals surface area contributed by atoms with Gasteiger partial charge in [-0.2, -0.15) is 10.2 Å². The number of carboxylic acid groups (broad SMARTS) is 1. The average Bonchev–Trinajstić information content (AvgIpc) is 3.64. The Bertz CT molecular complexity index is 1290. The molecule has 32 heavy (non-hydrogen) atoms. The Morgan fingerprint density at radius 2 is 1.97 bits per heavy atom. The van der Waals surface area contributed by atoms with Crippen LogP contribution in [0.15, 0.2) is 51.4 Å². The normalized spacial score (nSPS) is 19.0. The number of aromatic nitrogens is 1. The molecule has 164 valence electrons. The van der Waals surface area contributed by atoms with Crippen molar-refractivity contribution in [3.63, 3.8) is 0 Å². The number of anilines is 1. The second-order valence-electron chi connectivity index (χ2n) is 7.66. The molecule has 1 atom stereocenters. The highest BCUT2D eigenvalue weighted by atomic mass is 19.1. The smallest absolute Gasteiger partial charge is 0.341 e. The first-order valence-corrected chi connectivity index (χ1v) is 9.96. The highest BCUT2D eigenvalue weighted by molar-refractivity contribution is 5.90. The molecule has 1 aromatic carbocycles. The summed E-state index contributed by atoms with van der Waals surface area (Å²) in [5.41, 5.74) is -0.0446. The van der Waals surface area contributed by atoms with Gasteiger partial charge >= 0.3 is 5.97 Å². The Balaban J connectivity index is 1.68. The molecule has 0 spiro atoms. The summed E-state index contributed by atoms with van der Waals surface area (Å²) in [6.45, 7) is 0. The number of pyridine rings is 1. The number of carbonyl (C=O) groups is 1. The molecule has 0 radical (unpaired) electrons. The lowest BCUT2D eigenvalue weighted by molar-refractivity contribution is 0.0694. The molecule has 3 heterocycles. The van der Waals surface area contributed by atoms with Crippen molar-refractivity contribution in [2.75, 3.05) is 19.1 Å². The number of methoxy groups -OCH3 is 2. The van der Waals surface area contributed by atoms with Gasteiger partial charge in [-0.3, -0.25) is 4.79 Å². The van der Waals surface area contributed by atoms with Crippen LogP contribution in [0.1, 0.15) is 40.4 Å². The molecule has 0 amide bonds. The van der Waals surface area contributed by atoms with Gasteiger partial charge in [0.25, 0.3) is 0 Å². The molecule has 1 aromatic heterocycles. The predicted molar refractivity (Wildman–Crippen MR) is 114 cm³/mol. The first-order valence-electron chi connectivity index (χ1n) is 9.96. The van der Waals surface area contributed by atoms with E-state index in [0.717, 1.165) is 18.9 Å². The van der Waals surface area contributed by atoms with Gasteiger partial charge < -0.3 is 24.0 Å². The summed E-state index contributed by atoms with van der Waals surface area (Å²) < 4.78 is 27.3. The minimum absolute atomic E-state index is 0.00874. The zero-order valence-corrected chi connectivity index (χ0v) is 17.3. The quantitative estimate of drug-likeness (QED) is 0.761. The van der Waals surface area contributed by atoms with Crippen molar-refractivity contribution in [3.8, 4) is 11.5 Å². The second kappa shape index (κ2) is 7.33. The number of halogens is 1. The molecular formula is C22H19FN4O5. The molecule has 2 aliphatic heterocycles. The van der Waals surface area contributed by atoms with E-state index in [0.29, 0.717) is 28.6 Å².